The predicted octanol–water partition coefficient (Wildman–Crippen LogP) is 4.22. The van der Waals surface area contributed by atoms with Crippen molar-refractivity contribution in [3.63, 3.8) is 0 Å². The molecule has 2 aromatic rings. The highest BCUT2D eigenvalue weighted by Gasteiger charge is 2.17. The molecular weight excluding hydrogens is 491 g/mol. The zero-order valence-electron chi connectivity index (χ0n) is 18.3. The summed E-state index contributed by atoms with van der Waals surface area (Å²) in [6, 6.07) is 12.0. The quantitative estimate of drug-likeness (QED) is 0.452. The summed E-state index contributed by atoms with van der Waals surface area (Å²) in [5.41, 5.74) is 1.58. The van der Waals surface area contributed by atoms with E-state index < -0.39 is 5.97 Å². The Morgan fingerprint density at radius 3 is 2.33 bits per heavy atom. The number of halogens is 3. The van der Waals surface area contributed by atoms with Gasteiger partial charge in [0.1, 0.15) is 11.3 Å². The van der Waals surface area contributed by atoms with Gasteiger partial charge >= 0.3 is 12.0 Å². The van der Waals surface area contributed by atoms with E-state index in [1.54, 1.807) is 6.07 Å². The van der Waals surface area contributed by atoms with Gasteiger partial charge in [0, 0.05) is 49.1 Å². The van der Waals surface area contributed by atoms with Crippen molar-refractivity contribution in [3.05, 3.63) is 53.1 Å². The van der Waals surface area contributed by atoms with Crippen molar-refractivity contribution in [3.8, 4) is 5.75 Å². The molecule has 3 N–H and O–H groups in total. The van der Waals surface area contributed by atoms with Gasteiger partial charge in [0.05, 0.1) is 7.11 Å². The summed E-state index contributed by atoms with van der Waals surface area (Å²) in [5, 5.41) is 15.4. The number of aromatic carboxylic acids is 1. The van der Waals surface area contributed by atoms with Gasteiger partial charge in [0.15, 0.2) is 0 Å². The highest BCUT2D eigenvalue weighted by Crippen LogP contribution is 2.22. The van der Waals surface area contributed by atoms with Crippen molar-refractivity contribution in [2.24, 2.45) is 0 Å². The smallest absolute Gasteiger partial charge is 0.339 e. The van der Waals surface area contributed by atoms with Gasteiger partial charge < -0.3 is 25.4 Å². The number of carboxylic acid groups (broad SMARTS) is 1. The Morgan fingerprint density at radius 1 is 1.06 bits per heavy atom. The van der Waals surface area contributed by atoms with E-state index in [-0.39, 0.29) is 42.2 Å². The normalized spacial score (nSPS) is 13.3. The van der Waals surface area contributed by atoms with Crippen LogP contribution < -0.4 is 20.3 Å². The molecule has 1 aliphatic rings. The third-order valence-electron chi connectivity index (χ3n) is 5.19. The molecule has 1 aliphatic heterocycles. The van der Waals surface area contributed by atoms with Crippen LogP contribution in [0.4, 0.5) is 16.2 Å². The molecule has 0 bridgehead atoms. The maximum Gasteiger partial charge on any atom is 0.339 e. The average molecular weight is 520 g/mol. The molecule has 0 aliphatic carbocycles. The molecule has 0 spiro atoms. The molecular formula is C22H29Cl3N4O4. The largest absolute Gasteiger partial charge is 0.496 e. The molecule has 8 nitrogen and oxygen atoms in total. The topological polar surface area (TPSA) is 94.1 Å². The van der Waals surface area contributed by atoms with Crippen LogP contribution in [0.3, 0.4) is 0 Å². The van der Waals surface area contributed by atoms with Crippen molar-refractivity contribution in [1.29, 1.82) is 0 Å². The van der Waals surface area contributed by atoms with Gasteiger partial charge in [-0.25, -0.2) is 9.59 Å². The van der Waals surface area contributed by atoms with Crippen molar-refractivity contribution in [2.45, 2.75) is 6.42 Å². The van der Waals surface area contributed by atoms with Gasteiger partial charge in [-0.05, 0) is 55.4 Å². The Balaban J connectivity index is 0.00000272. The second kappa shape index (κ2) is 14.0. The lowest BCUT2D eigenvalue weighted by Gasteiger charge is -2.36. The summed E-state index contributed by atoms with van der Waals surface area (Å²) in [7, 11) is 1.40. The Morgan fingerprint density at radius 2 is 1.73 bits per heavy atom. The zero-order chi connectivity index (χ0) is 22.2. The number of hydrogen-bond donors (Lipinski definition) is 3. The fourth-order valence-corrected chi connectivity index (χ4v) is 3.64. The maximum absolute atomic E-state index is 12.1. The lowest BCUT2D eigenvalue weighted by Crippen LogP contribution is -2.47. The number of methoxy groups -OCH3 is 1. The lowest BCUT2D eigenvalue weighted by molar-refractivity contribution is 0.0693. The highest BCUT2D eigenvalue weighted by molar-refractivity contribution is 6.30. The van der Waals surface area contributed by atoms with Crippen LogP contribution in [0.5, 0.6) is 5.75 Å². The minimum absolute atomic E-state index is 0. The lowest BCUT2D eigenvalue weighted by atomic mass is 10.2. The molecule has 0 unspecified atom stereocenters. The molecule has 2 amide bonds. The molecule has 11 heteroatoms. The van der Waals surface area contributed by atoms with E-state index >= 15 is 0 Å². The van der Waals surface area contributed by atoms with Gasteiger partial charge in [-0.15, -0.1) is 24.8 Å². The molecule has 33 heavy (non-hydrogen) atoms. The van der Waals surface area contributed by atoms with Crippen LogP contribution >= 0.6 is 36.4 Å². The first-order valence-corrected chi connectivity index (χ1v) is 10.5. The zero-order valence-corrected chi connectivity index (χ0v) is 20.6. The summed E-state index contributed by atoms with van der Waals surface area (Å²) in [4.78, 5) is 28.1. The molecule has 1 saturated heterocycles. The Labute approximate surface area is 211 Å². The predicted molar refractivity (Wildman–Crippen MR) is 136 cm³/mol. The monoisotopic (exact) mass is 518 g/mol. The van der Waals surface area contributed by atoms with Crippen molar-refractivity contribution in [2.75, 3.05) is 56.6 Å². The summed E-state index contributed by atoms with van der Waals surface area (Å²) in [6.45, 7) is 5.29. The fourth-order valence-electron chi connectivity index (χ4n) is 3.51. The van der Waals surface area contributed by atoms with Gasteiger partial charge in [0.25, 0.3) is 0 Å². The summed E-state index contributed by atoms with van der Waals surface area (Å²) in [6.07, 6.45) is 0.831. The summed E-state index contributed by atoms with van der Waals surface area (Å²) in [5.74, 6) is -0.869. The van der Waals surface area contributed by atoms with E-state index in [9.17, 15) is 14.7 Å². The molecule has 0 saturated carbocycles. The summed E-state index contributed by atoms with van der Waals surface area (Å²) >= 11 is 5.95. The van der Waals surface area contributed by atoms with Gasteiger partial charge in [-0.1, -0.05) is 11.6 Å². The number of amides is 2. The van der Waals surface area contributed by atoms with Crippen LogP contribution in [0.15, 0.2) is 42.5 Å². The van der Waals surface area contributed by atoms with E-state index in [0.29, 0.717) is 12.2 Å². The number of rotatable bonds is 8. The van der Waals surface area contributed by atoms with E-state index in [0.717, 1.165) is 44.2 Å². The van der Waals surface area contributed by atoms with Crippen LogP contribution in [0.1, 0.15) is 16.8 Å². The van der Waals surface area contributed by atoms with E-state index in [1.807, 2.05) is 24.3 Å². The molecule has 0 atom stereocenters. The second-order valence-corrected chi connectivity index (χ2v) is 7.70. The minimum atomic E-state index is -1.11. The number of anilines is 2. The Kier molecular flexibility index (Phi) is 12.2. The molecule has 1 heterocycles. The number of carboxylic acids is 1. The highest BCUT2D eigenvalue weighted by atomic mass is 35.5. The Bertz CT molecular complexity index is 907. The van der Waals surface area contributed by atoms with E-state index in [4.69, 9.17) is 16.3 Å². The number of benzene rings is 2. The number of nitrogens with one attached hydrogen (secondary N) is 2. The van der Waals surface area contributed by atoms with Gasteiger partial charge in [0.2, 0.25) is 0 Å². The number of carbonyl (C=O) groups is 2. The molecule has 3 rings (SSSR count). The van der Waals surface area contributed by atoms with E-state index in [1.165, 1.54) is 24.9 Å². The van der Waals surface area contributed by atoms with Crippen LogP contribution in [-0.2, 0) is 0 Å². The van der Waals surface area contributed by atoms with Gasteiger partial charge in [-0.2, -0.15) is 0 Å². The Hall–Kier alpha value is -2.39. The van der Waals surface area contributed by atoms with Crippen LogP contribution in [0.2, 0.25) is 5.02 Å². The molecule has 182 valence electrons. The summed E-state index contributed by atoms with van der Waals surface area (Å²) < 4.78 is 5.02. The number of carbonyl (C=O) groups excluding carboxylic acids is 1. The number of piperazine rings is 1. The van der Waals surface area contributed by atoms with Crippen molar-refractivity contribution >= 4 is 59.8 Å². The van der Waals surface area contributed by atoms with Crippen LogP contribution in [0, 0.1) is 0 Å². The van der Waals surface area contributed by atoms with Crippen LogP contribution in [0.25, 0.3) is 0 Å². The maximum atomic E-state index is 12.1. The van der Waals surface area contributed by atoms with Crippen molar-refractivity contribution in [1.82, 2.24) is 10.2 Å². The molecule has 1 fully saturated rings. The third kappa shape index (κ3) is 8.47. The SMILES string of the molecule is COc1ccc(NC(=O)NCCCN2CCN(c3ccc(Cl)cc3)CC2)cc1C(=O)O.Cl.Cl. The first kappa shape index (κ1) is 28.6. The minimum Gasteiger partial charge on any atom is -0.496 e. The second-order valence-electron chi connectivity index (χ2n) is 7.26. The first-order chi connectivity index (χ1) is 15.0. The molecule has 0 aromatic heterocycles. The number of ether oxygens (including phenoxy) is 1. The number of urea groups is 1. The molecule has 0 radical (unpaired) electrons. The first-order valence-electron chi connectivity index (χ1n) is 10.2. The van der Waals surface area contributed by atoms with Crippen molar-refractivity contribution < 1.29 is 19.4 Å². The van der Waals surface area contributed by atoms with Crippen LogP contribution in [-0.4, -0.2) is 68.4 Å². The number of hydrogen-bond acceptors (Lipinski definition) is 5. The number of nitrogens with zero attached hydrogens (tertiary/aromatic N) is 2. The fraction of sp³-hybridized carbons (Fsp3) is 0.364. The van der Waals surface area contributed by atoms with Gasteiger partial charge in [-0.3, -0.25) is 4.90 Å². The molecule has 2 aromatic carbocycles. The standard InChI is InChI=1S/C22H27ClN4O4.2ClH/c1-31-20-8-5-17(15-19(20)21(28)29)25-22(30)24-9-2-10-26-11-13-27(14-12-26)18-6-3-16(23)4-7-18;;/h3-8,15H,2,9-14H2,1H3,(H,28,29)(H2,24,25,30);2*1H. The van der Waals surface area contributed by atoms with E-state index in [2.05, 4.69) is 20.4 Å². The third-order valence-corrected chi connectivity index (χ3v) is 5.44. The average Bonchev–Trinajstić information content (AvgIpc) is 2.77.